The largest absolute Gasteiger partial charge is 0.372 e. The van der Waals surface area contributed by atoms with Crippen LogP contribution in [0.25, 0.3) is 21.5 Å². The Kier molecular flexibility index (Phi) is 2.97. The van der Waals surface area contributed by atoms with E-state index in [1.165, 1.54) is 49.4 Å². The minimum absolute atomic E-state index is 0.00122. The molecule has 2 aliphatic carbocycles. The summed E-state index contributed by atoms with van der Waals surface area (Å²) in [6.07, 6.45) is 0. The second-order valence-corrected chi connectivity index (χ2v) is 8.67. The van der Waals surface area contributed by atoms with Gasteiger partial charge in [-0.25, -0.2) is 0 Å². The standard InChI is InChI=1S/C27H19NO/c28-12-21-25-19-6-2-1-4-17(19)13-29-14-18-11-10-16-9-8-15-5-3-7-20-22(15)23(16)24(18)27(25)26(20)21/h1-11,21,25-27H,13-14H2/t21-,25-,26-,27+/m1/s1. The van der Waals surface area contributed by atoms with Crippen molar-refractivity contribution in [2.45, 2.75) is 31.0 Å². The summed E-state index contributed by atoms with van der Waals surface area (Å²) >= 11 is 0. The number of benzene rings is 4. The maximum absolute atomic E-state index is 10.2. The van der Waals surface area contributed by atoms with Crippen LogP contribution in [0.3, 0.4) is 0 Å². The zero-order chi connectivity index (χ0) is 19.1. The highest BCUT2D eigenvalue weighted by Crippen LogP contribution is 2.67. The first-order valence-electron chi connectivity index (χ1n) is 10.4. The van der Waals surface area contributed by atoms with Crippen molar-refractivity contribution in [3.05, 3.63) is 94.5 Å². The number of hydrogen-bond donors (Lipinski definition) is 0. The molecule has 0 bridgehead atoms. The highest BCUT2D eigenvalue weighted by molar-refractivity contribution is 6.13. The van der Waals surface area contributed by atoms with Gasteiger partial charge in [0.05, 0.1) is 25.2 Å². The van der Waals surface area contributed by atoms with E-state index < -0.39 is 0 Å². The van der Waals surface area contributed by atoms with Gasteiger partial charge < -0.3 is 4.74 Å². The van der Waals surface area contributed by atoms with E-state index in [0.717, 1.165) is 0 Å². The van der Waals surface area contributed by atoms with Crippen LogP contribution in [0.15, 0.2) is 66.7 Å². The Morgan fingerprint density at radius 3 is 2.31 bits per heavy atom. The van der Waals surface area contributed by atoms with E-state index in [9.17, 15) is 5.26 Å². The maximum Gasteiger partial charge on any atom is 0.0724 e. The van der Waals surface area contributed by atoms with E-state index in [1.807, 2.05) is 0 Å². The lowest BCUT2D eigenvalue weighted by Gasteiger charge is -2.53. The van der Waals surface area contributed by atoms with Crippen molar-refractivity contribution < 1.29 is 4.74 Å². The molecule has 0 amide bonds. The molecular weight excluding hydrogens is 354 g/mol. The minimum atomic E-state index is 0.00122. The average molecular weight is 373 g/mol. The lowest BCUT2D eigenvalue weighted by Crippen LogP contribution is -2.43. The first kappa shape index (κ1) is 15.7. The molecule has 0 aromatic heterocycles. The summed E-state index contributed by atoms with van der Waals surface area (Å²) in [5, 5.41) is 15.5. The van der Waals surface area contributed by atoms with Crippen molar-refractivity contribution in [2.75, 3.05) is 0 Å². The van der Waals surface area contributed by atoms with Gasteiger partial charge in [-0.3, -0.25) is 0 Å². The van der Waals surface area contributed by atoms with Gasteiger partial charge in [-0.2, -0.15) is 5.26 Å². The van der Waals surface area contributed by atoms with Crippen molar-refractivity contribution in [1.82, 2.24) is 0 Å². The van der Waals surface area contributed by atoms with E-state index in [1.54, 1.807) is 0 Å². The summed E-state index contributed by atoms with van der Waals surface area (Å²) in [6.45, 7) is 1.24. The fourth-order valence-corrected chi connectivity index (χ4v) is 6.38. The van der Waals surface area contributed by atoms with Crippen LogP contribution in [0.2, 0.25) is 0 Å². The fraction of sp³-hybridized carbons (Fsp3) is 0.222. The van der Waals surface area contributed by atoms with Crippen LogP contribution in [0, 0.1) is 17.2 Å². The Morgan fingerprint density at radius 2 is 1.41 bits per heavy atom. The molecule has 2 heteroatoms. The normalized spacial score (nSPS) is 26.2. The molecule has 4 atom stereocenters. The predicted octanol–water partition coefficient (Wildman–Crippen LogP) is 6.14. The topological polar surface area (TPSA) is 33.0 Å². The van der Waals surface area contributed by atoms with Gasteiger partial charge in [0, 0.05) is 17.8 Å². The van der Waals surface area contributed by atoms with Crippen molar-refractivity contribution in [3.8, 4) is 6.07 Å². The van der Waals surface area contributed by atoms with Gasteiger partial charge in [-0.1, -0.05) is 66.7 Å². The van der Waals surface area contributed by atoms with Gasteiger partial charge in [0.2, 0.25) is 0 Å². The molecule has 7 rings (SSSR count). The molecule has 0 saturated heterocycles. The van der Waals surface area contributed by atoms with Gasteiger partial charge in [0.25, 0.3) is 0 Å². The molecule has 0 spiro atoms. The molecule has 0 N–H and O–H groups in total. The monoisotopic (exact) mass is 373 g/mol. The van der Waals surface area contributed by atoms with E-state index in [0.29, 0.717) is 19.1 Å². The summed E-state index contributed by atoms with van der Waals surface area (Å²) in [6, 6.07) is 26.9. The Morgan fingerprint density at radius 1 is 0.690 bits per heavy atom. The van der Waals surface area contributed by atoms with Crippen LogP contribution in [-0.4, -0.2) is 0 Å². The third-order valence-electron chi connectivity index (χ3n) is 7.51. The molecule has 0 unspecified atom stereocenters. The van der Waals surface area contributed by atoms with Gasteiger partial charge in [-0.05, 0) is 49.4 Å². The Labute approximate surface area is 169 Å². The molecule has 4 aromatic carbocycles. The van der Waals surface area contributed by atoms with Crippen molar-refractivity contribution in [2.24, 2.45) is 5.92 Å². The number of fused-ring (bicyclic) bond motifs is 3. The molecule has 1 fully saturated rings. The first-order valence-corrected chi connectivity index (χ1v) is 10.4. The van der Waals surface area contributed by atoms with Crippen LogP contribution in [0.5, 0.6) is 0 Å². The molecule has 29 heavy (non-hydrogen) atoms. The van der Waals surface area contributed by atoms with Gasteiger partial charge in [-0.15, -0.1) is 0 Å². The molecule has 1 saturated carbocycles. The zero-order valence-corrected chi connectivity index (χ0v) is 15.9. The summed E-state index contributed by atoms with van der Waals surface area (Å²) in [5.41, 5.74) is 6.63. The van der Waals surface area contributed by atoms with Crippen molar-refractivity contribution in [1.29, 1.82) is 5.26 Å². The van der Waals surface area contributed by atoms with Crippen LogP contribution >= 0.6 is 0 Å². The Bertz CT molecular complexity index is 1380. The first-order chi connectivity index (χ1) is 14.4. The van der Waals surface area contributed by atoms with E-state index in [4.69, 9.17) is 4.74 Å². The average Bonchev–Trinajstić information content (AvgIpc) is 2.80. The molecule has 1 aliphatic heterocycles. The van der Waals surface area contributed by atoms with Crippen LogP contribution in [0.1, 0.15) is 45.6 Å². The molecule has 2 nitrogen and oxygen atoms in total. The summed E-state index contributed by atoms with van der Waals surface area (Å²) in [7, 11) is 0. The van der Waals surface area contributed by atoms with E-state index >= 15 is 0 Å². The summed E-state index contributed by atoms with van der Waals surface area (Å²) < 4.78 is 6.19. The second kappa shape index (κ2) is 5.47. The van der Waals surface area contributed by atoms with Crippen molar-refractivity contribution >= 4 is 21.5 Å². The molecule has 3 aliphatic rings. The fourth-order valence-electron chi connectivity index (χ4n) is 6.38. The highest BCUT2D eigenvalue weighted by Gasteiger charge is 2.56. The number of nitriles is 1. The smallest absolute Gasteiger partial charge is 0.0724 e. The SMILES string of the molecule is N#C[C@@H]1[C@H]2c3ccccc3COCc3ccc4ccc5cccc6c5c4c3[C@@H]2[C@H]61. The maximum atomic E-state index is 10.2. The van der Waals surface area contributed by atoms with Crippen molar-refractivity contribution in [3.63, 3.8) is 0 Å². The number of rotatable bonds is 0. The second-order valence-electron chi connectivity index (χ2n) is 8.67. The van der Waals surface area contributed by atoms with E-state index in [2.05, 4.69) is 72.8 Å². The molecular formula is C27H19NO. The van der Waals surface area contributed by atoms with Gasteiger partial charge >= 0.3 is 0 Å². The molecule has 0 radical (unpaired) electrons. The molecule has 1 heterocycles. The quantitative estimate of drug-likeness (QED) is 0.347. The Balaban J connectivity index is 1.65. The lowest BCUT2D eigenvalue weighted by atomic mass is 9.48. The number of nitrogens with zero attached hydrogens (tertiary/aromatic N) is 1. The highest BCUT2D eigenvalue weighted by atomic mass is 16.5. The molecule has 138 valence electrons. The van der Waals surface area contributed by atoms with Gasteiger partial charge in [0.15, 0.2) is 0 Å². The number of hydrogen-bond acceptors (Lipinski definition) is 2. The third kappa shape index (κ3) is 1.85. The lowest BCUT2D eigenvalue weighted by molar-refractivity contribution is 0.107. The predicted molar refractivity (Wildman–Crippen MR) is 114 cm³/mol. The zero-order valence-electron chi connectivity index (χ0n) is 15.9. The third-order valence-corrected chi connectivity index (χ3v) is 7.51. The summed E-state index contributed by atoms with van der Waals surface area (Å²) in [5.74, 6) is 0.845. The Hall–Kier alpha value is -3.15. The van der Waals surface area contributed by atoms with Crippen LogP contribution in [-0.2, 0) is 18.0 Å². The summed E-state index contributed by atoms with van der Waals surface area (Å²) in [4.78, 5) is 0. The van der Waals surface area contributed by atoms with Crippen LogP contribution < -0.4 is 0 Å². The molecule has 4 aromatic rings. The van der Waals surface area contributed by atoms with Crippen LogP contribution in [0.4, 0.5) is 0 Å². The van der Waals surface area contributed by atoms with E-state index in [-0.39, 0.29) is 17.8 Å². The number of ether oxygens (including phenoxy) is 1. The van der Waals surface area contributed by atoms with Gasteiger partial charge in [0.1, 0.15) is 0 Å². The minimum Gasteiger partial charge on any atom is -0.372 e.